The largest absolute Gasteiger partial charge is 0.314 e. The van der Waals surface area contributed by atoms with Gasteiger partial charge in [-0.2, -0.15) is 0 Å². The number of likely N-dealkylation sites (tertiary alicyclic amines) is 1. The summed E-state index contributed by atoms with van der Waals surface area (Å²) in [6.45, 7) is 3.58. The van der Waals surface area contributed by atoms with Crippen LogP contribution >= 0.6 is 12.4 Å². The maximum atomic E-state index is 13.6. The Balaban J connectivity index is 0.00000161. The van der Waals surface area contributed by atoms with E-state index in [2.05, 4.69) is 10.2 Å². The Kier molecular flexibility index (Phi) is 5.97. The molecular weight excluding hydrogens is 294 g/mol. The summed E-state index contributed by atoms with van der Waals surface area (Å²) in [6, 6.07) is 5.03. The average Bonchev–Trinajstić information content (AvgIpc) is 3.27. The highest BCUT2D eigenvalue weighted by atomic mass is 35.5. The number of benzene rings is 1. The van der Waals surface area contributed by atoms with E-state index in [1.807, 2.05) is 0 Å². The van der Waals surface area contributed by atoms with Crippen molar-refractivity contribution in [2.45, 2.75) is 38.3 Å². The van der Waals surface area contributed by atoms with E-state index in [4.69, 9.17) is 0 Å². The second kappa shape index (κ2) is 7.52. The first-order valence-corrected chi connectivity index (χ1v) is 7.61. The Morgan fingerprint density at radius 2 is 1.81 bits per heavy atom. The summed E-state index contributed by atoms with van der Waals surface area (Å²) in [6.07, 6.45) is 4.96. The molecule has 21 heavy (non-hydrogen) atoms. The number of nitrogens with one attached hydrogen (secondary N) is 1. The summed E-state index contributed by atoms with van der Waals surface area (Å²) in [5.74, 6) is -0.528. The van der Waals surface area contributed by atoms with Gasteiger partial charge < -0.3 is 5.32 Å². The third-order valence-electron chi connectivity index (χ3n) is 4.41. The zero-order valence-corrected chi connectivity index (χ0v) is 13.0. The monoisotopic (exact) mass is 316 g/mol. The zero-order valence-electron chi connectivity index (χ0n) is 12.2. The zero-order chi connectivity index (χ0) is 13.9. The molecule has 1 N–H and O–H groups in total. The molecule has 0 spiro atoms. The maximum Gasteiger partial charge on any atom is 0.163 e. The molecule has 3 rings (SSSR count). The number of hydrogen-bond donors (Lipinski definition) is 1. The molecule has 1 aromatic rings. The number of nitrogens with zero attached hydrogens (tertiary/aromatic N) is 1. The fourth-order valence-electron chi connectivity index (χ4n) is 2.86. The normalized spacial score (nSPS) is 20.3. The quantitative estimate of drug-likeness (QED) is 0.896. The van der Waals surface area contributed by atoms with Crippen LogP contribution in [0.15, 0.2) is 18.2 Å². The van der Waals surface area contributed by atoms with Crippen LogP contribution in [0, 0.1) is 17.6 Å². The summed E-state index contributed by atoms with van der Waals surface area (Å²) in [4.78, 5) is 2.22. The Bertz CT molecular complexity index is 458. The molecule has 0 atom stereocenters. The molecule has 1 saturated heterocycles. The Morgan fingerprint density at radius 1 is 1.10 bits per heavy atom. The van der Waals surface area contributed by atoms with Crippen molar-refractivity contribution < 1.29 is 8.78 Å². The van der Waals surface area contributed by atoms with Gasteiger partial charge in [0.25, 0.3) is 0 Å². The molecule has 0 bridgehead atoms. The standard InChI is InChI=1S/C16H22F2N2.ClH/c17-15-3-1-2-13(16(15)18)11-20-8-6-14(7-9-20)19-10-12-4-5-12;/h1-3,12,14,19H,4-11H2;1H. The predicted octanol–water partition coefficient (Wildman–Crippen LogP) is 3.35. The summed E-state index contributed by atoms with van der Waals surface area (Å²) < 4.78 is 26.8. The van der Waals surface area contributed by atoms with Gasteiger partial charge in [0, 0.05) is 18.2 Å². The van der Waals surface area contributed by atoms with Crippen LogP contribution in [0.3, 0.4) is 0 Å². The summed E-state index contributed by atoms with van der Waals surface area (Å²) in [7, 11) is 0. The minimum Gasteiger partial charge on any atom is -0.314 e. The lowest BCUT2D eigenvalue weighted by molar-refractivity contribution is 0.187. The lowest BCUT2D eigenvalue weighted by Gasteiger charge is -2.32. The van der Waals surface area contributed by atoms with E-state index in [0.717, 1.165) is 38.4 Å². The van der Waals surface area contributed by atoms with Crippen LogP contribution in [0.2, 0.25) is 0 Å². The second-order valence-electron chi connectivity index (χ2n) is 6.11. The van der Waals surface area contributed by atoms with Crippen molar-refractivity contribution in [3.8, 4) is 0 Å². The van der Waals surface area contributed by atoms with Crippen LogP contribution in [0.4, 0.5) is 8.78 Å². The SMILES string of the molecule is Cl.Fc1cccc(CN2CCC(NCC3CC3)CC2)c1F. The molecule has 2 fully saturated rings. The summed E-state index contributed by atoms with van der Waals surface area (Å²) in [5, 5.41) is 3.63. The van der Waals surface area contributed by atoms with Crippen molar-refractivity contribution in [3.63, 3.8) is 0 Å². The minimum atomic E-state index is -0.747. The van der Waals surface area contributed by atoms with E-state index in [9.17, 15) is 8.78 Å². The van der Waals surface area contributed by atoms with E-state index in [0.29, 0.717) is 18.2 Å². The first-order chi connectivity index (χ1) is 9.72. The highest BCUT2D eigenvalue weighted by Crippen LogP contribution is 2.28. The summed E-state index contributed by atoms with van der Waals surface area (Å²) >= 11 is 0. The van der Waals surface area contributed by atoms with Crippen molar-refractivity contribution in [2.75, 3.05) is 19.6 Å². The number of hydrogen-bond acceptors (Lipinski definition) is 2. The molecule has 1 aliphatic heterocycles. The fraction of sp³-hybridized carbons (Fsp3) is 0.625. The van der Waals surface area contributed by atoms with Crippen LogP contribution in [-0.4, -0.2) is 30.6 Å². The Morgan fingerprint density at radius 3 is 2.48 bits per heavy atom. The topological polar surface area (TPSA) is 15.3 Å². The van der Waals surface area contributed by atoms with Gasteiger partial charge in [0.05, 0.1) is 0 Å². The van der Waals surface area contributed by atoms with Gasteiger partial charge in [-0.3, -0.25) is 4.90 Å². The molecule has 0 unspecified atom stereocenters. The average molecular weight is 317 g/mol. The van der Waals surface area contributed by atoms with Gasteiger partial charge in [-0.05, 0) is 57.3 Å². The maximum absolute atomic E-state index is 13.6. The van der Waals surface area contributed by atoms with E-state index >= 15 is 0 Å². The van der Waals surface area contributed by atoms with Crippen LogP contribution in [0.1, 0.15) is 31.2 Å². The van der Waals surface area contributed by atoms with Crippen molar-refractivity contribution in [1.29, 1.82) is 0 Å². The minimum absolute atomic E-state index is 0. The molecule has 1 aromatic carbocycles. The Hall–Kier alpha value is -0.710. The van der Waals surface area contributed by atoms with E-state index in [1.165, 1.54) is 18.9 Å². The van der Waals surface area contributed by atoms with Crippen molar-refractivity contribution in [3.05, 3.63) is 35.4 Å². The molecule has 0 aromatic heterocycles. The van der Waals surface area contributed by atoms with Gasteiger partial charge >= 0.3 is 0 Å². The molecule has 2 nitrogen and oxygen atoms in total. The van der Waals surface area contributed by atoms with Gasteiger partial charge in [0.2, 0.25) is 0 Å². The first kappa shape index (κ1) is 16.7. The lowest BCUT2D eigenvalue weighted by Crippen LogP contribution is -2.42. The smallest absolute Gasteiger partial charge is 0.163 e. The molecular formula is C16H23ClF2N2. The van der Waals surface area contributed by atoms with E-state index in [-0.39, 0.29) is 12.4 Å². The number of piperidine rings is 1. The lowest BCUT2D eigenvalue weighted by atomic mass is 10.0. The summed E-state index contributed by atoms with van der Waals surface area (Å²) in [5.41, 5.74) is 0.467. The molecule has 0 radical (unpaired) electrons. The molecule has 5 heteroatoms. The van der Waals surface area contributed by atoms with Gasteiger partial charge in [-0.15, -0.1) is 12.4 Å². The first-order valence-electron chi connectivity index (χ1n) is 7.61. The molecule has 1 heterocycles. The van der Waals surface area contributed by atoms with Gasteiger partial charge in [0.1, 0.15) is 0 Å². The van der Waals surface area contributed by atoms with Gasteiger partial charge in [-0.1, -0.05) is 12.1 Å². The number of halogens is 3. The predicted molar refractivity (Wildman–Crippen MR) is 82.6 cm³/mol. The fourth-order valence-corrected chi connectivity index (χ4v) is 2.86. The molecule has 0 amide bonds. The highest BCUT2D eigenvalue weighted by molar-refractivity contribution is 5.85. The second-order valence-corrected chi connectivity index (χ2v) is 6.11. The molecule has 1 aliphatic carbocycles. The molecule has 118 valence electrons. The van der Waals surface area contributed by atoms with Crippen LogP contribution in [0.5, 0.6) is 0 Å². The molecule has 1 saturated carbocycles. The van der Waals surface area contributed by atoms with Crippen LogP contribution in [-0.2, 0) is 6.54 Å². The van der Waals surface area contributed by atoms with Crippen molar-refractivity contribution >= 4 is 12.4 Å². The van der Waals surface area contributed by atoms with Gasteiger partial charge in [-0.25, -0.2) is 8.78 Å². The van der Waals surface area contributed by atoms with Crippen molar-refractivity contribution in [2.24, 2.45) is 5.92 Å². The van der Waals surface area contributed by atoms with E-state index < -0.39 is 11.6 Å². The highest BCUT2D eigenvalue weighted by Gasteiger charge is 2.24. The van der Waals surface area contributed by atoms with Crippen LogP contribution < -0.4 is 5.32 Å². The van der Waals surface area contributed by atoms with Crippen LogP contribution in [0.25, 0.3) is 0 Å². The van der Waals surface area contributed by atoms with E-state index in [1.54, 1.807) is 12.1 Å². The number of rotatable bonds is 5. The third kappa shape index (κ3) is 4.63. The Labute approximate surface area is 131 Å². The molecule has 2 aliphatic rings. The van der Waals surface area contributed by atoms with Gasteiger partial charge in [0.15, 0.2) is 11.6 Å². The van der Waals surface area contributed by atoms with Crippen molar-refractivity contribution in [1.82, 2.24) is 10.2 Å². The third-order valence-corrected chi connectivity index (χ3v) is 4.41.